The van der Waals surface area contributed by atoms with Gasteiger partial charge in [0.05, 0.1) is 0 Å². The van der Waals surface area contributed by atoms with Gasteiger partial charge in [-0.15, -0.1) is 0 Å². The van der Waals surface area contributed by atoms with Crippen LogP contribution in [-0.4, -0.2) is 29.9 Å². The lowest BCUT2D eigenvalue weighted by molar-refractivity contribution is -0.116. The molecular formula is C15H23N3O. The third kappa shape index (κ3) is 4.65. The Morgan fingerprint density at radius 2 is 2.16 bits per heavy atom. The van der Waals surface area contributed by atoms with Crippen molar-refractivity contribution in [3.8, 4) is 0 Å². The first-order valence-electron chi connectivity index (χ1n) is 7.00. The van der Waals surface area contributed by atoms with Gasteiger partial charge in [-0.1, -0.05) is 12.1 Å². The van der Waals surface area contributed by atoms with Crippen molar-refractivity contribution in [2.75, 3.05) is 18.4 Å². The van der Waals surface area contributed by atoms with E-state index in [-0.39, 0.29) is 11.9 Å². The Kier molecular flexibility index (Phi) is 4.93. The molecular weight excluding hydrogens is 238 g/mol. The highest BCUT2D eigenvalue weighted by Gasteiger charge is 2.12. The number of nitrogens with zero attached hydrogens (tertiary/aromatic N) is 1. The standard InChI is InChI=1S/C15H23N3O/c1-12(16)9-15(19)17-14-6-4-5-13(10-14)11-18-7-2-3-8-18/h4-6,10,12H,2-3,7-9,11,16H2,1H3,(H,17,19). The van der Waals surface area contributed by atoms with Crippen molar-refractivity contribution in [2.24, 2.45) is 5.73 Å². The fourth-order valence-corrected chi connectivity index (χ4v) is 2.45. The highest BCUT2D eigenvalue weighted by molar-refractivity contribution is 5.91. The first kappa shape index (κ1) is 14.0. The number of rotatable bonds is 5. The monoisotopic (exact) mass is 261 g/mol. The van der Waals surface area contributed by atoms with E-state index in [1.165, 1.54) is 31.5 Å². The van der Waals surface area contributed by atoms with Crippen LogP contribution in [0, 0.1) is 0 Å². The lowest BCUT2D eigenvalue weighted by atomic mass is 10.1. The number of hydrogen-bond acceptors (Lipinski definition) is 3. The van der Waals surface area contributed by atoms with E-state index in [1.807, 2.05) is 19.1 Å². The first-order valence-corrected chi connectivity index (χ1v) is 7.00. The smallest absolute Gasteiger partial charge is 0.225 e. The van der Waals surface area contributed by atoms with E-state index in [0.29, 0.717) is 6.42 Å². The third-order valence-electron chi connectivity index (χ3n) is 3.32. The average molecular weight is 261 g/mol. The molecule has 104 valence electrons. The van der Waals surface area contributed by atoms with E-state index in [4.69, 9.17) is 5.73 Å². The van der Waals surface area contributed by atoms with E-state index in [0.717, 1.165) is 12.2 Å². The molecule has 4 heteroatoms. The molecule has 1 amide bonds. The van der Waals surface area contributed by atoms with Crippen molar-refractivity contribution in [2.45, 2.75) is 38.8 Å². The van der Waals surface area contributed by atoms with Gasteiger partial charge in [-0.05, 0) is 50.6 Å². The third-order valence-corrected chi connectivity index (χ3v) is 3.32. The molecule has 0 bridgehead atoms. The molecule has 1 saturated heterocycles. The molecule has 19 heavy (non-hydrogen) atoms. The summed E-state index contributed by atoms with van der Waals surface area (Å²) in [5.74, 6) is -0.0201. The highest BCUT2D eigenvalue weighted by atomic mass is 16.1. The molecule has 1 atom stereocenters. The topological polar surface area (TPSA) is 58.4 Å². The summed E-state index contributed by atoms with van der Waals surface area (Å²) in [6.45, 7) is 5.17. The number of hydrogen-bond donors (Lipinski definition) is 2. The molecule has 0 aliphatic carbocycles. The predicted octanol–water partition coefficient (Wildman–Crippen LogP) is 1.96. The van der Waals surface area contributed by atoms with Crippen LogP contribution in [0.4, 0.5) is 5.69 Å². The molecule has 1 heterocycles. The van der Waals surface area contributed by atoms with E-state index >= 15 is 0 Å². The fraction of sp³-hybridized carbons (Fsp3) is 0.533. The highest BCUT2D eigenvalue weighted by Crippen LogP contribution is 2.16. The van der Waals surface area contributed by atoms with Crippen LogP contribution in [0.15, 0.2) is 24.3 Å². The van der Waals surface area contributed by atoms with Gasteiger partial charge < -0.3 is 11.1 Å². The second kappa shape index (κ2) is 6.68. The van der Waals surface area contributed by atoms with Crippen LogP contribution in [0.1, 0.15) is 31.7 Å². The van der Waals surface area contributed by atoms with Crippen molar-refractivity contribution in [3.05, 3.63) is 29.8 Å². The minimum Gasteiger partial charge on any atom is -0.327 e. The van der Waals surface area contributed by atoms with Crippen molar-refractivity contribution < 1.29 is 4.79 Å². The predicted molar refractivity (Wildman–Crippen MR) is 77.8 cm³/mol. The Morgan fingerprint density at radius 1 is 1.42 bits per heavy atom. The number of anilines is 1. The van der Waals surface area contributed by atoms with Crippen molar-refractivity contribution in [3.63, 3.8) is 0 Å². The molecule has 1 fully saturated rings. The molecule has 0 saturated carbocycles. The van der Waals surface area contributed by atoms with Crippen LogP contribution < -0.4 is 11.1 Å². The number of amides is 1. The van der Waals surface area contributed by atoms with Crippen LogP contribution in [-0.2, 0) is 11.3 Å². The Labute approximate surface area is 115 Å². The SMILES string of the molecule is CC(N)CC(=O)Nc1cccc(CN2CCCC2)c1. The molecule has 4 nitrogen and oxygen atoms in total. The Bertz CT molecular complexity index is 425. The zero-order valence-electron chi connectivity index (χ0n) is 11.6. The summed E-state index contributed by atoms with van der Waals surface area (Å²) in [4.78, 5) is 14.1. The maximum atomic E-state index is 11.7. The van der Waals surface area contributed by atoms with E-state index in [2.05, 4.69) is 22.3 Å². The number of nitrogens with one attached hydrogen (secondary N) is 1. The molecule has 0 radical (unpaired) electrons. The van der Waals surface area contributed by atoms with Crippen molar-refractivity contribution in [1.82, 2.24) is 4.90 Å². The van der Waals surface area contributed by atoms with Gasteiger partial charge in [-0.25, -0.2) is 0 Å². The molecule has 2 rings (SSSR count). The number of benzene rings is 1. The summed E-state index contributed by atoms with van der Waals surface area (Å²) in [6, 6.07) is 7.98. The molecule has 1 aliphatic heterocycles. The summed E-state index contributed by atoms with van der Waals surface area (Å²) in [6.07, 6.45) is 2.95. The van der Waals surface area contributed by atoms with Gasteiger partial charge >= 0.3 is 0 Å². The summed E-state index contributed by atoms with van der Waals surface area (Å²) < 4.78 is 0. The van der Waals surface area contributed by atoms with Gasteiger partial charge in [0.1, 0.15) is 0 Å². The van der Waals surface area contributed by atoms with Crippen LogP contribution in [0.25, 0.3) is 0 Å². The number of likely N-dealkylation sites (tertiary alicyclic amines) is 1. The lowest BCUT2D eigenvalue weighted by Crippen LogP contribution is -2.24. The van der Waals surface area contributed by atoms with E-state index in [1.54, 1.807) is 0 Å². The summed E-state index contributed by atoms with van der Waals surface area (Å²) >= 11 is 0. The van der Waals surface area contributed by atoms with Crippen LogP contribution >= 0.6 is 0 Å². The Balaban J connectivity index is 1.92. The van der Waals surface area contributed by atoms with Crippen LogP contribution in [0.5, 0.6) is 0 Å². The number of carbonyl (C=O) groups excluding carboxylic acids is 1. The number of carbonyl (C=O) groups is 1. The van der Waals surface area contributed by atoms with Crippen molar-refractivity contribution >= 4 is 11.6 Å². The second-order valence-electron chi connectivity index (χ2n) is 5.41. The van der Waals surface area contributed by atoms with Crippen molar-refractivity contribution in [1.29, 1.82) is 0 Å². The minimum absolute atomic E-state index is 0.0201. The van der Waals surface area contributed by atoms with Gasteiger partial charge in [0.2, 0.25) is 5.91 Å². The largest absolute Gasteiger partial charge is 0.327 e. The maximum Gasteiger partial charge on any atom is 0.225 e. The van der Waals surface area contributed by atoms with Gasteiger partial charge in [0.15, 0.2) is 0 Å². The lowest BCUT2D eigenvalue weighted by Gasteiger charge is -2.15. The van der Waals surface area contributed by atoms with Gasteiger partial charge in [-0.2, -0.15) is 0 Å². The fourth-order valence-electron chi connectivity index (χ4n) is 2.45. The molecule has 0 spiro atoms. The summed E-state index contributed by atoms with van der Waals surface area (Å²) in [7, 11) is 0. The van der Waals surface area contributed by atoms with E-state index < -0.39 is 0 Å². The maximum absolute atomic E-state index is 11.7. The zero-order chi connectivity index (χ0) is 13.7. The summed E-state index contributed by atoms with van der Waals surface area (Å²) in [5.41, 5.74) is 7.73. The zero-order valence-corrected chi connectivity index (χ0v) is 11.6. The Hall–Kier alpha value is -1.39. The second-order valence-corrected chi connectivity index (χ2v) is 5.41. The normalized spacial score (nSPS) is 17.4. The van der Waals surface area contributed by atoms with Gasteiger partial charge in [0, 0.05) is 24.7 Å². The molecule has 1 aliphatic rings. The summed E-state index contributed by atoms with van der Waals surface area (Å²) in [5, 5.41) is 2.90. The molecule has 0 aromatic heterocycles. The first-order chi connectivity index (χ1) is 9.13. The molecule has 1 aromatic carbocycles. The van der Waals surface area contributed by atoms with E-state index in [9.17, 15) is 4.79 Å². The molecule has 3 N–H and O–H groups in total. The van der Waals surface area contributed by atoms with Crippen LogP contribution in [0.2, 0.25) is 0 Å². The van der Waals surface area contributed by atoms with Gasteiger partial charge in [0.25, 0.3) is 0 Å². The average Bonchev–Trinajstić information content (AvgIpc) is 2.81. The van der Waals surface area contributed by atoms with Gasteiger partial charge in [-0.3, -0.25) is 9.69 Å². The Morgan fingerprint density at radius 3 is 2.84 bits per heavy atom. The molecule has 1 aromatic rings. The minimum atomic E-state index is -0.104. The number of nitrogens with two attached hydrogens (primary N) is 1. The van der Waals surface area contributed by atoms with Crippen LogP contribution in [0.3, 0.4) is 0 Å². The molecule has 1 unspecified atom stereocenters. The quantitative estimate of drug-likeness (QED) is 0.852.